The number of ether oxygens (including phenoxy) is 1. The predicted molar refractivity (Wildman–Crippen MR) is 133 cm³/mol. The van der Waals surface area contributed by atoms with E-state index < -0.39 is 28.5 Å². The molecule has 35 heavy (non-hydrogen) atoms. The molecule has 0 saturated heterocycles. The van der Waals surface area contributed by atoms with E-state index >= 15 is 0 Å². The Labute approximate surface area is 213 Å². The summed E-state index contributed by atoms with van der Waals surface area (Å²) in [7, 11) is -3.71. The van der Waals surface area contributed by atoms with Gasteiger partial charge in [0.05, 0.1) is 10.5 Å². The van der Waals surface area contributed by atoms with Gasteiger partial charge in [-0.1, -0.05) is 53.5 Å². The fourth-order valence-corrected chi connectivity index (χ4v) is 5.61. The number of hydrogen-bond acceptors (Lipinski definition) is 5. The fourth-order valence-electron chi connectivity index (χ4n) is 3.71. The van der Waals surface area contributed by atoms with Gasteiger partial charge < -0.3 is 10.1 Å². The van der Waals surface area contributed by atoms with Crippen molar-refractivity contribution in [1.29, 1.82) is 0 Å². The molecule has 1 aliphatic heterocycles. The van der Waals surface area contributed by atoms with Gasteiger partial charge in [-0.2, -0.15) is 4.31 Å². The number of carbonyl (C=O) groups excluding carboxylic acids is 2. The van der Waals surface area contributed by atoms with Gasteiger partial charge in [0.1, 0.15) is 0 Å². The minimum atomic E-state index is -3.71. The number of hydrogen-bond donors (Lipinski definition) is 1. The molecule has 0 saturated carbocycles. The lowest BCUT2D eigenvalue weighted by molar-refractivity contribution is -0.124. The molecular formula is C25H22Cl2N2O5S. The maximum absolute atomic E-state index is 13.1. The molecule has 3 aromatic rings. The topological polar surface area (TPSA) is 92.8 Å². The summed E-state index contributed by atoms with van der Waals surface area (Å²) >= 11 is 11.9. The van der Waals surface area contributed by atoms with Gasteiger partial charge in [0.25, 0.3) is 5.91 Å². The summed E-state index contributed by atoms with van der Waals surface area (Å²) in [5.74, 6) is -1.24. The second-order valence-electron chi connectivity index (χ2n) is 7.97. The summed E-state index contributed by atoms with van der Waals surface area (Å²) in [4.78, 5) is 24.4. The number of esters is 1. The van der Waals surface area contributed by atoms with E-state index in [4.69, 9.17) is 27.9 Å². The molecule has 1 aliphatic rings. The Balaban J connectivity index is 1.32. The van der Waals surface area contributed by atoms with Crippen LogP contribution in [0.5, 0.6) is 0 Å². The lowest BCUT2D eigenvalue weighted by atomic mass is 10.0. The average molecular weight is 533 g/mol. The standard InChI is InChI=1S/C25H22Cl2N2O5S/c26-21-8-5-19(23(27)13-21)14-28-24(30)16-34-25(31)18-6-9-22(10-7-18)35(32,33)29-12-11-17-3-1-2-4-20(17)15-29/h1-10,13H,11-12,14-16H2,(H,28,30). The number of halogens is 2. The first-order valence-electron chi connectivity index (χ1n) is 10.8. The number of carbonyl (C=O) groups is 2. The molecule has 0 bridgehead atoms. The molecule has 0 spiro atoms. The number of amides is 1. The van der Waals surface area contributed by atoms with Crippen LogP contribution >= 0.6 is 23.2 Å². The molecule has 0 atom stereocenters. The lowest BCUT2D eigenvalue weighted by Crippen LogP contribution is -2.35. The van der Waals surface area contributed by atoms with Crippen LogP contribution in [0.1, 0.15) is 27.0 Å². The van der Waals surface area contributed by atoms with Crippen LogP contribution in [-0.4, -0.2) is 37.8 Å². The van der Waals surface area contributed by atoms with Crippen molar-refractivity contribution in [2.45, 2.75) is 24.4 Å². The molecule has 0 fully saturated rings. The Kier molecular flexibility index (Phi) is 7.76. The summed E-state index contributed by atoms with van der Waals surface area (Å²) in [6.45, 7) is 0.356. The van der Waals surface area contributed by atoms with Gasteiger partial charge in [0.2, 0.25) is 10.0 Å². The SMILES string of the molecule is O=C(COC(=O)c1ccc(S(=O)(=O)N2CCc3ccccc3C2)cc1)NCc1ccc(Cl)cc1Cl. The minimum absolute atomic E-state index is 0.0889. The zero-order valence-electron chi connectivity index (χ0n) is 18.5. The summed E-state index contributed by atoms with van der Waals surface area (Å²) in [5, 5.41) is 3.51. The first-order valence-corrected chi connectivity index (χ1v) is 13.0. The predicted octanol–water partition coefficient (Wildman–Crippen LogP) is 4.21. The smallest absolute Gasteiger partial charge is 0.338 e. The first-order chi connectivity index (χ1) is 16.7. The molecule has 0 aliphatic carbocycles. The van der Waals surface area contributed by atoms with Gasteiger partial charge in [-0.05, 0) is 59.5 Å². The van der Waals surface area contributed by atoms with Crippen LogP contribution in [0.2, 0.25) is 10.0 Å². The molecule has 0 aromatic heterocycles. The second-order valence-corrected chi connectivity index (χ2v) is 10.8. The molecule has 182 valence electrons. The van der Waals surface area contributed by atoms with Crippen LogP contribution in [0.3, 0.4) is 0 Å². The van der Waals surface area contributed by atoms with Crippen molar-refractivity contribution in [1.82, 2.24) is 9.62 Å². The highest BCUT2D eigenvalue weighted by atomic mass is 35.5. The van der Waals surface area contributed by atoms with Crippen LogP contribution in [0.15, 0.2) is 71.6 Å². The number of nitrogens with one attached hydrogen (secondary N) is 1. The van der Waals surface area contributed by atoms with Crippen molar-refractivity contribution < 1.29 is 22.7 Å². The summed E-state index contributed by atoms with van der Waals surface area (Å²) in [5.41, 5.74) is 2.95. The van der Waals surface area contributed by atoms with E-state index in [9.17, 15) is 18.0 Å². The maximum Gasteiger partial charge on any atom is 0.338 e. The monoisotopic (exact) mass is 532 g/mol. The highest BCUT2D eigenvalue weighted by Gasteiger charge is 2.28. The number of rotatable bonds is 7. The molecule has 3 aromatic carbocycles. The van der Waals surface area contributed by atoms with Gasteiger partial charge in [0, 0.05) is 29.7 Å². The first kappa shape index (κ1) is 25.2. The van der Waals surface area contributed by atoms with E-state index in [0.29, 0.717) is 35.1 Å². The van der Waals surface area contributed by atoms with Gasteiger partial charge in [-0.25, -0.2) is 13.2 Å². The fraction of sp³-hybridized carbons (Fsp3) is 0.200. The largest absolute Gasteiger partial charge is 0.452 e. The Morgan fingerprint density at radius 3 is 2.40 bits per heavy atom. The van der Waals surface area contributed by atoms with Crippen molar-refractivity contribution in [3.8, 4) is 0 Å². The van der Waals surface area contributed by atoms with Crippen LogP contribution in [0.25, 0.3) is 0 Å². The molecule has 1 amide bonds. The number of nitrogens with zero attached hydrogens (tertiary/aromatic N) is 1. The van der Waals surface area contributed by atoms with E-state index in [1.165, 1.54) is 28.6 Å². The van der Waals surface area contributed by atoms with Crippen LogP contribution in [0, 0.1) is 0 Å². The quantitative estimate of drug-likeness (QED) is 0.460. The van der Waals surface area contributed by atoms with Crippen LogP contribution in [0.4, 0.5) is 0 Å². The summed E-state index contributed by atoms with van der Waals surface area (Å²) in [6, 6.07) is 18.2. The Bertz CT molecular complexity index is 1360. The highest BCUT2D eigenvalue weighted by Crippen LogP contribution is 2.25. The zero-order chi connectivity index (χ0) is 25.0. The van der Waals surface area contributed by atoms with Crippen molar-refractivity contribution in [3.63, 3.8) is 0 Å². The van der Waals surface area contributed by atoms with E-state index in [0.717, 1.165) is 11.1 Å². The highest BCUT2D eigenvalue weighted by molar-refractivity contribution is 7.89. The molecule has 10 heteroatoms. The Morgan fingerprint density at radius 2 is 1.69 bits per heavy atom. The van der Waals surface area contributed by atoms with Crippen LogP contribution < -0.4 is 5.32 Å². The Morgan fingerprint density at radius 1 is 0.971 bits per heavy atom. The van der Waals surface area contributed by atoms with E-state index in [1.807, 2.05) is 24.3 Å². The van der Waals surface area contributed by atoms with Crippen molar-refractivity contribution >= 4 is 45.1 Å². The molecule has 7 nitrogen and oxygen atoms in total. The summed E-state index contributed by atoms with van der Waals surface area (Å²) < 4.78 is 32.6. The molecule has 0 radical (unpaired) electrons. The molecule has 0 unspecified atom stereocenters. The lowest BCUT2D eigenvalue weighted by Gasteiger charge is -2.28. The third-order valence-corrected chi connectivity index (χ3v) is 8.10. The van der Waals surface area contributed by atoms with Crippen molar-refractivity contribution in [3.05, 3.63) is 99.0 Å². The van der Waals surface area contributed by atoms with E-state index in [1.54, 1.807) is 18.2 Å². The molecule has 4 rings (SSSR count). The third kappa shape index (κ3) is 6.02. The second kappa shape index (κ2) is 10.8. The number of sulfonamides is 1. The Hall–Kier alpha value is -2.91. The molecule has 1 N–H and O–H groups in total. The van der Waals surface area contributed by atoms with Crippen molar-refractivity contribution in [2.24, 2.45) is 0 Å². The average Bonchev–Trinajstić information content (AvgIpc) is 2.86. The van der Waals surface area contributed by atoms with E-state index in [-0.39, 0.29) is 17.0 Å². The molecular weight excluding hydrogens is 511 g/mol. The van der Waals surface area contributed by atoms with Crippen molar-refractivity contribution in [2.75, 3.05) is 13.2 Å². The van der Waals surface area contributed by atoms with Gasteiger partial charge in [0.15, 0.2) is 6.61 Å². The molecule has 1 heterocycles. The zero-order valence-corrected chi connectivity index (χ0v) is 20.9. The number of fused-ring (bicyclic) bond motifs is 1. The van der Waals surface area contributed by atoms with Crippen LogP contribution in [-0.2, 0) is 39.1 Å². The normalized spacial score (nSPS) is 13.7. The number of benzene rings is 3. The van der Waals surface area contributed by atoms with Gasteiger partial charge in [-0.15, -0.1) is 0 Å². The van der Waals surface area contributed by atoms with Gasteiger partial charge in [-0.3, -0.25) is 4.79 Å². The van der Waals surface area contributed by atoms with E-state index in [2.05, 4.69) is 5.32 Å². The summed E-state index contributed by atoms with van der Waals surface area (Å²) in [6.07, 6.45) is 0.645. The third-order valence-electron chi connectivity index (χ3n) is 5.65. The van der Waals surface area contributed by atoms with Gasteiger partial charge >= 0.3 is 5.97 Å². The minimum Gasteiger partial charge on any atom is -0.452 e. The maximum atomic E-state index is 13.1.